The third-order valence-electron chi connectivity index (χ3n) is 4.31. The van der Waals surface area contributed by atoms with Crippen molar-refractivity contribution in [3.8, 4) is 0 Å². The fraction of sp³-hybridized carbons (Fsp3) is 0.278. The van der Waals surface area contributed by atoms with Crippen LogP contribution in [0, 0.1) is 0 Å². The highest BCUT2D eigenvalue weighted by molar-refractivity contribution is 9.10. The first-order chi connectivity index (χ1) is 11.6. The Morgan fingerprint density at radius 2 is 1.92 bits per heavy atom. The van der Waals surface area contributed by atoms with Gasteiger partial charge in [-0.3, -0.25) is 9.52 Å². The normalized spacial score (nSPS) is 15.8. The maximum atomic E-state index is 12.7. The van der Waals surface area contributed by atoms with Gasteiger partial charge in [0.15, 0.2) is 0 Å². The van der Waals surface area contributed by atoms with Gasteiger partial charge in [0.2, 0.25) is 5.91 Å². The molecule has 25 heavy (non-hydrogen) atoms. The minimum Gasteiger partial charge on any atom is -0.311 e. The van der Waals surface area contributed by atoms with Crippen molar-refractivity contribution in [3.63, 3.8) is 0 Å². The zero-order valence-corrected chi connectivity index (χ0v) is 16.6. The maximum absolute atomic E-state index is 12.7. The van der Waals surface area contributed by atoms with Gasteiger partial charge in [0.05, 0.1) is 4.90 Å². The van der Waals surface area contributed by atoms with Crippen molar-refractivity contribution in [2.75, 3.05) is 16.2 Å². The molecule has 0 fully saturated rings. The fourth-order valence-electron chi connectivity index (χ4n) is 3.07. The molecule has 1 aliphatic heterocycles. The second-order valence-corrected chi connectivity index (χ2v) is 9.38. The van der Waals surface area contributed by atoms with E-state index in [1.807, 2.05) is 19.9 Å². The zero-order chi connectivity index (χ0) is 18.4. The quantitative estimate of drug-likeness (QED) is 0.815. The molecule has 0 radical (unpaired) electrons. The summed E-state index contributed by atoms with van der Waals surface area (Å²) in [4.78, 5) is 13.7. The molecule has 0 aliphatic carbocycles. The summed E-state index contributed by atoms with van der Waals surface area (Å²) < 4.78 is 28.8. The van der Waals surface area contributed by atoms with Crippen LogP contribution in [0.5, 0.6) is 0 Å². The zero-order valence-electron chi connectivity index (χ0n) is 14.2. The molecule has 1 amide bonds. The SMILES string of the molecule is CC(=O)N1CC(C)(C)c2cc(S(=O)(=O)Nc3cccc(Br)c3)ccc21. The molecule has 0 unspecified atom stereocenters. The summed E-state index contributed by atoms with van der Waals surface area (Å²) in [6.07, 6.45) is 0. The fourth-order valence-corrected chi connectivity index (χ4v) is 4.55. The Morgan fingerprint density at radius 3 is 2.56 bits per heavy atom. The lowest BCUT2D eigenvalue weighted by Crippen LogP contribution is -2.31. The summed E-state index contributed by atoms with van der Waals surface area (Å²) in [5.41, 5.74) is 1.82. The molecule has 2 aromatic rings. The van der Waals surface area contributed by atoms with Gasteiger partial charge >= 0.3 is 0 Å². The lowest BCUT2D eigenvalue weighted by molar-refractivity contribution is -0.116. The minimum absolute atomic E-state index is 0.0466. The molecule has 7 heteroatoms. The number of benzene rings is 2. The molecular formula is C18H19BrN2O3S. The number of halogens is 1. The van der Waals surface area contributed by atoms with Crippen LogP contribution in [-0.4, -0.2) is 20.9 Å². The summed E-state index contributed by atoms with van der Waals surface area (Å²) in [6.45, 7) is 6.07. The van der Waals surface area contributed by atoms with Gasteiger partial charge in [-0.15, -0.1) is 0 Å². The number of nitrogens with zero attached hydrogens (tertiary/aromatic N) is 1. The molecule has 2 aromatic carbocycles. The molecule has 1 N–H and O–H groups in total. The Balaban J connectivity index is 2.00. The Morgan fingerprint density at radius 1 is 1.20 bits per heavy atom. The van der Waals surface area contributed by atoms with Gasteiger partial charge in [0.1, 0.15) is 0 Å². The van der Waals surface area contributed by atoms with Gasteiger partial charge < -0.3 is 4.90 Å². The molecule has 5 nitrogen and oxygen atoms in total. The number of hydrogen-bond donors (Lipinski definition) is 1. The topological polar surface area (TPSA) is 66.5 Å². The highest BCUT2D eigenvalue weighted by atomic mass is 79.9. The van der Waals surface area contributed by atoms with Gasteiger partial charge in [-0.2, -0.15) is 0 Å². The lowest BCUT2D eigenvalue weighted by atomic mass is 9.87. The Labute approximate surface area is 156 Å². The Kier molecular flexibility index (Phi) is 4.41. The number of fused-ring (bicyclic) bond motifs is 1. The second-order valence-electron chi connectivity index (χ2n) is 6.78. The molecule has 0 spiro atoms. The van der Waals surface area contributed by atoms with E-state index in [2.05, 4.69) is 20.7 Å². The van der Waals surface area contributed by atoms with Crippen LogP contribution in [0.4, 0.5) is 11.4 Å². The summed E-state index contributed by atoms with van der Waals surface area (Å²) in [5, 5.41) is 0. The number of nitrogens with one attached hydrogen (secondary N) is 1. The van der Waals surface area contributed by atoms with Gasteiger partial charge in [-0.05, 0) is 42.0 Å². The third-order valence-corrected chi connectivity index (χ3v) is 6.18. The van der Waals surface area contributed by atoms with Crippen LogP contribution >= 0.6 is 15.9 Å². The van der Waals surface area contributed by atoms with Crippen LogP contribution in [0.1, 0.15) is 26.3 Å². The van der Waals surface area contributed by atoms with E-state index in [1.165, 1.54) is 13.0 Å². The van der Waals surface area contributed by atoms with E-state index in [0.717, 1.165) is 15.7 Å². The first-order valence-corrected chi connectivity index (χ1v) is 10.1. The van der Waals surface area contributed by atoms with Gasteiger partial charge in [0, 0.05) is 34.7 Å². The predicted molar refractivity (Wildman–Crippen MR) is 102 cm³/mol. The van der Waals surface area contributed by atoms with Crippen molar-refractivity contribution >= 4 is 43.2 Å². The van der Waals surface area contributed by atoms with Crippen molar-refractivity contribution in [3.05, 3.63) is 52.5 Å². The van der Waals surface area contributed by atoms with Crippen molar-refractivity contribution in [1.82, 2.24) is 0 Å². The average molecular weight is 423 g/mol. The number of amides is 1. The lowest BCUT2D eigenvalue weighted by Gasteiger charge is -2.19. The van der Waals surface area contributed by atoms with Crippen LogP contribution in [0.2, 0.25) is 0 Å². The van der Waals surface area contributed by atoms with Gasteiger partial charge in [-0.25, -0.2) is 8.42 Å². The number of sulfonamides is 1. The average Bonchev–Trinajstić information content (AvgIpc) is 2.78. The molecule has 0 atom stereocenters. The number of carbonyl (C=O) groups excluding carboxylic acids is 1. The van der Waals surface area contributed by atoms with Crippen LogP contribution in [0.3, 0.4) is 0 Å². The molecule has 0 saturated carbocycles. The summed E-state index contributed by atoms with van der Waals surface area (Å²) >= 11 is 3.33. The van der Waals surface area contributed by atoms with Crippen molar-refractivity contribution < 1.29 is 13.2 Å². The second kappa shape index (κ2) is 6.14. The Hall–Kier alpha value is -1.86. The van der Waals surface area contributed by atoms with E-state index in [9.17, 15) is 13.2 Å². The van der Waals surface area contributed by atoms with Crippen molar-refractivity contribution in [2.45, 2.75) is 31.1 Å². The van der Waals surface area contributed by atoms with E-state index in [4.69, 9.17) is 0 Å². The maximum Gasteiger partial charge on any atom is 0.261 e. The van der Waals surface area contributed by atoms with E-state index >= 15 is 0 Å². The van der Waals surface area contributed by atoms with Crippen molar-refractivity contribution in [2.24, 2.45) is 0 Å². The molecule has 132 valence electrons. The van der Waals surface area contributed by atoms with E-state index < -0.39 is 10.0 Å². The highest BCUT2D eigenvalue weighted by Gasteiger charge is 2.37. The highest BCUT2D eigenvalue weighted by Crippen LogP contribution is 2.41. The monoisotopic (exact) mass is 422 g/mol. The molecule has 1 heterocycles. The van der Waals surface area contributed by atoms with Gasteiger partial charge in [0.25, 0.3) is 10.0 Å². The Bertz CT molecular complexity index is 955. The van der Waals surface area contributed by atoms with E-state index in [-0.39, 0.29) is 16.2 Å². The molecule has 0 aromatic heterocycles. The van der Waals surface area contributed by atoms with E-state index in [0.29, 0.717) is 12.2 Å². The molecule has 1 aliphatic rings. The molecule has 0 saturated heterocycles. The largest absolute Gasteiger partial charge is 0.311 e. The number of carbonyl (C=O) groups is 1. The van der Waals surface area contributed by atoms with Crippen LogP contribution in [0.25, 0.3) is 0 Å². The summed E-state index contributed by atoms with van der Waals surface area (Å²) in [7, 11) is -3.71. The third kappa shape index (κ3) is 3.43. The predicted octanol–water partition coefficient (Wildman–Crippen LogP) is 3.89. The molecule has 0 bridgehead atoms. The molecule has 3 rings (SSSR count). The molecular weight excluding hydrogens is 404 g/mol. The minimum atomic E-state index is -3.71. The van der Waals surface area contributed by atoms with Gasteiger partial charge in [-0.1, -0.05) is 35.8 Å². The summed E-state index contributed by atoms with van der Waals surface area (Å²) in [6, 6.07) is 11.9. The first kappa shape index (κ1) is 17.9. The van der Waals surface area contributed by atoms with E-state index in [1.54, 1.807) is 35.2 Å². The first-order valence-electron chi connectivity index (χ1n) is 7.81. The van der Waals surface area contributed by atoms with Crippen molar-refractivity contribution in [1.29, 1.82) is 0 Å². The van der Waals surface area contributed by atoms with Crippen LogP contribution in [-0.2, 0) is 20.2 Å². The summed E-state index contributed by atoms with van der Waals surface area (Å²) in [5.74, 6) is -0.0466. The number of rotatable bonds is 3. The number of anilines is 2. The standard InChI is InChI=1S/C18H19BrN2O3S/c1-12(22)21-11-18(2,3)16-10-15(7-8-17(16)21)25(23,24)20-14-6-4-5-13(19)9-14/h4-10,20H,11H2,1-3H3. The smallest absolute Gasteiger partial charge is 0.261 e. The number of hydrogen-bond acceptors (Lipinski definition) is 3. The van der Waals surface area contributed by atoms with Crippen LogP contribution in [0.15, 0.2) is 51.8 Å². The van der Waals surface area contributed by atoms with Crippen LogP contribution < -0.4 is 9.62 Å².